The van der Waals surface area contributed by atoms with E-state index in [1.165, 1.54) is 18.2 Å². The fraction of sp³-hybridized carbons (Fsp3) is 0. The first-order valence-corrected chi connectivity index (χ1v) is 9.12. The van der Waals surface area contributed by atoms with E-state index in [1.807, 2.05) is 0 Å². The highest BCUT2D eigenvalue weighted by Crippen LogP contribution is 2.36. The van der Waals surface area contributed by atoms with Gasteiger partial charge in [0.2, 0.25) is 0 Å². The van der Waals surface area contributed by atoms with E-state index in [0.29, 0.717) is 31.2 Å². The highest BCUT2D eigenvalue weighted by molar-refractivity contribution is 9.12. The molecule has 130 valence electrons. The van der Waals surface area contributed by atoms with Gasteiger partial charge in [0.1, 0.15) is 5.75 Å². The lowest BCUT2D eigenvalue weighted by Crippen LogP contribution is -2.05. The van der Waals surface area contributed by atoms with E-state index >= 15 is 0 Å². The van der Waals surface area contributed by atoms with Crippen molar-refractivity contribution in [3.63, 3.8) is 0 Å². The molecule has 4 nitrogen and oxygen atoms in total. The van der Waals surface area contributed by atoms with Crippen LogP contribution in [0.1, 0.15) is 21.5 Å². The molecule has 6 heteroatoms. The SMILES string of the molecule is O=C1C=C/C(=C(\c2ccc(O)c(Br)c2)c2ccccc2C(=O)O)C=C1Br. The molecule has 0 aromatic heterocycles. The summed E-state index contributed by atoms with van der Waals surface area (Å²) < 4.78 is 0.873. The second-order valence-corrected chi connectivity index (χ2v) is 7.25. The number of carboxylic acids is 1. The fourth-order valence-electron chi connectivity index (χ4n) is 2.68. The van der Waals surface area contributed by atoms with Crippen molar-refractivity contribution in [2.45, 2.75) is 0 Å². The van der Waals surface area contributed by atoms with E-state index < -0.39 is 5.97 Å². The van der Waals surface area contributed by atoms with Crippen molar-refractivity contribution >= 4 is 49.2 Å². The number of carbonyl (C=O) groups excluding carboxylic acids is 1. The molecule has 0 aliphatic heterocycles. The maximum atomic E-state index is 11.7. The number of hydrogen-bond acceptors (Lipinski definition) is 3. The standard InChI is InChI=1S/C20H12Br2O4/c21-15-9-11(5-7-17(15)23)19(12-6-8-18(24)16(22)10-12)13-3-1-2-4-14(13)20(25)26/h1-10,23H,(H,25,26)/b19-12-. The Morgan fingerprint density at radius 3 is 2.27 bits per heavy atom. The first kappa shape index (κ1) is 18.4. The average molecular weight is 476 g/mol. The molecule has 0 saturated carbocycles. The Morgan fingerprint density at radius 2 is 1.65 bits per heavy atom. The third kappa shape index (κ3) is 3.57. The van der Waals surface area contributed by atoms with Crippen molar-refractivity contribution < 1.29 is 19.8 Å². The number of phenolic OH excluding ortho intramolecular Hbond substituents is 1. The Labute approximate surface area is 166 Å². The van der Waals surface area contributed by atoms with Crippen LogP contribution in [0.2, 0.25) is 0 Å². The zero-order valence-electron chi connectivity index (χ0n) is 13.2. The maximum Gasteiger partial charge on any atom is 0.336 e. The molecular formula is C20H12Br2O4. The number of phenols is 1. The molecule has 0 atom stereocenters. The number of aromatic carboxylic acids is 1. The number of rotatable bonds is 3. The molecule has 0 heterocycles. The monoisotopic (exact) mass is 474 g/mol. The molecule has 26 heavy (non-hydrogen) atoms. The van der Waals surface area contributed by atoms with Crippen molar-refractivity contribution in [2.24, 2.45) is 0 Å². The smallest absolute Gasteiger partial charge is 0.336 e. The Bertz CT molecular complexity index is 1020. The van der Waals surface area contributed by atoms with Gasteiger partial charge in [-0.15, -0.1) is 0 Å². The number of ketones is 1. The second-order valence-electron chi connectivity index (χ2n) is 5.54. The molecule has 2 aromatic rings. The summed E-state index contributed by atoms with van der Waals surface area (Å²) in [7, 11) is 0. The van der Waals surface area contributed by atoms with Gasteiger partial charge < -0.3 is 10.2 Å². The quantitative estimate of drug-likeness (QED) is 0.649. The van der Waals surface area contributed by atoms with E-state index in [0.717, 1.165) is 0 Å². The van der Waals surface area contributed by atoms with E-state index in [9.17, 15) is 19.8 Å². The minimum atomic E-state index is -1.05. The van der Waals surface area contributed by atoms with Crippen molar-refractivity contribution in [1.29, 1.82) is 0 Å². The summed E-state index contributed by atoms with van der Waals surface area (Å²) in [6.45, 7) is 0. The lowest BCUT2D eigenvalue weighted by molar-refractivity contribution is -0.110. The molecular weight excluding hydrogens is 464 g/mol. The van der Waals surface area contributed by atoms with E-state index in [-0.39, 0.29) is 17.1 Å². The van der Waals surface area contributed by atoms with Gasteiger partial charge in [-0.1, -0.05) is 30.3 Å². The Morgan fingerprint density at radius 1 is 0.962 bits per heavy atom. The third-order valence-electron chi connectivity index (χ3n) is 3.88. The second kappa shape index (κ2) is 7.43. The number of benzene rings is 2. The van der Waals surface area contributed by atoms with Crippen LogP contribution >= 0.6 is 31.9 Å². The van der Waals surface area contributed by atoms with E-state index in [2.05, 4.69) is 31.9 Å². The summed E-state index contributed by atoms with van der Waals surface area (Å²) in [5.74, 6) is -1.13. The van der Waals surface area contributed by atoms with Gasteiger partial charge in [0.15, 0.2) is 5.78 Å². The van der Waals surface area contributed by atoms with Gasteiger partial charge in [-0.2, -0.15) is 0 Å². The summed E-state index contributed by atoms with van der Waals surface area (Å²) in [4.78, 5) is 23.5. The van der Waals surface area contributed by atoms with Crippen molar-refractivity contribution in [3.8, 4) is 5.75 Å². The summed E-state index contributed by atoms with van der Waals surface area (Å²) in [5, 5.41) is 19.4. The Kier molecular flexibility index (Phi) is 5.25. The maximum absolute atomic E-state index is 11.7. The predicted molar refractivity (Wildman–Crippen MR) is 106 cm³/mol. The van der Waals surface area contributed by atoms with Gasteiger partial charge in [0.05, 0.1) is 14.5 Å². The zero-order valence-corrected chi connectivity index (χ0v) is 16.4. The van der Waals surface area contributed by atoms with Crippen LogP contribution in [0, 0.1) is 0 Å². The number of carboxylic acid groups (broad SMARTS) is 1. The molecule has 0 amide bonds. The summed E-state index contributed by atoms with van der Waals surface area (Å²) in [5.41, 5.74) is 2.69. The van der Waals surface area contributed by atoms with Crippen LogP contribution in [-0.4, -0.2) is 22.0 Å². The lowest BCUT2D eigenvalue weighted by Gasteiger charge is -2.16. The number of halogens is 2. The van der Waals surface area contributed by atoms with Gasteiger partial charge >= 0.3 is 5.97 Å². The van der Waals surface area contributed by atoms with Crippen molar-refractivity contribution in [3.05, 3.63) is 91.9 Å². The molecule has 0 spiro atoms. The topological polar surface area (TPSA) is 74.6 Å². The molecule has 1 aliphatic carbocycles. The molecule has 3 rings (SSSR count). The van der Waals surface area contributed by atoms with E-state index in [4.69, 9.17) is 0 Å². The Balaban J connectivity index is 2.35. The number of allylic oxidation sites excluding steroid dienone is 5. The summed E-state index contributed by atoms with van der Waals surface area (Å²) in [6, 6.07) is 11.6. The molecule has 1 aliphatic rings. The largest absolute Gasteiger partial charge is 0.507 e. The van der Waals surface area contributed by atoms with Crippen LogP contribution in [-0.2, 0) is 4.79 Å². The highest BCUT2D eigenvalue weighted by atomic mass is 79.9. The van der Waals surface area contributed by atoms with Gasteiger partial charge in [0, 0.05) is 0 Å². The normalized spacial score (nSPS) is 15.6. The summed E-state index contributed by atoms with van der Waals surface area (Å²) >= 11 is 6.54. The first-order valence-electron chi connectivity index (χ1n) is 7.54. The predicted octanol–water partition coefficient (Wildman–Crippen LogP) is 5.07. The van der Waals surface area contributed by atoms with Gasteiger partial charge in [0.25, 0.3) is 0 Å². The first-order chi connectivity index (χ1) is 12.4. The third-order valence-corrected chi connectivity index (χ3v) is 5.14. The highest BCUT2D eigenvalue weighted by Gasteiger charge is 2.20. The molecule has 2 aromatic carbocycles. The average Bonchev–Trinajstić information content (AvgIpc) is 2.61. The van der Waals surface area contributed by atoms with Gasteiger partial charge in [-0.05, 0) is 84.5 Å². The van der Waals surface area contributed by atoms with Crippen molar-refractivity contribution in [1.82, 2.24) is 0 Å². The molecule has 0 unspecified atom stereocenters. The van der Waals surface area contributed by atoms with Crippen LogP contribution in [0.25, 0.3) is 5.57 Å². The van der Waals surface area contributed by atoms with Crippen LogP contribution in [0.4, 0.5) is 0 Å². The zero-order chi connectivity index (χ0) is 18.8. The minimum absolute atomic E-state index is 0.0794. The van der Waals surface area contributed by atoms with Crippen LogP contribution in [0.5, 0.6) is 5.75 Å². The van der Waals surface area contributed by atoms with Crippen molar-refractivity contribution in [2.75, 3.05) is 0 Å². The molecule has 0 radical (unpaired) electrons. The van der Waals surface area contributed by atoms with Crippen LogP contribution in [0.15, 0.2) is 75.2 Å². The molecule has 0 bridgehead atoms. The molecule has 2 N–H and O–H groups in total. The Hall–Kier alpha value is -2.44. The number of aromatic hydroxyl groups is 1. The number of carbonyl (C=O) groups is 2. The molecule has 0 saturated heterocycles. The minimum Gasteiger partial charge on any atom is -0.507 e. The lowest BCUT2D eigenvalue weighted by atomic mass is 9.88. The molecule has 0 fully saturated rings. The van der Waals surface area contributed by atoms with E-state index in [1.54, 1.807) is 42.5 Å². The van der Waals surface area contributed by atoms with Gasteiger partial charge in [-0.3, -0.25) is 4.79 Å². The summed E-state index contributed by atoms with van der Waals surface area (Å²) in [6.07, 6.45) is 4.75. The van der Waals surface area contributed by atoms with Crippen LogP contribution < -0.4 is 0 Å². The number of hydrogen-bond donors (Lipinski definition) is 2. The van der Waals surface area contributed by atoms with Crippen LogP contribution in [0.3, 0.4) is 0 Å². The van der Waals surface area contributed by atoms with Gasteiger partial charge in [-0.25, -0.2) is 4.79 Å². The fourth-order valence-corrected chi connectivity index (χ4v) is 3.44.